The summed E-state index contributed by atoms with van der Waals surface area (Å²) in [5, 5.41) is 1.71. The van der Waals surface area contributed by atoms with Gasteiger partial charge in [-0.05, 0) is 62.7 Å². The minimum Gasteiger partial charge on any atom is -0.496 e. The van der Waals surface area contributed by atoms with Gasteiger partial charge in [-0.2, -0.15) is 0 Å². The molecule has 0 saturated carbocycles. The summed E-state index contributed by atoms with van der Waals surface area (Å²) >= 11 is 11.3. The molecule has 5 aromatic rings. The van der Waals surface area contributed by atoms with Crippen LogP contribution in [0, 0.1) is 0 Å². The molecule has 0 fully saturated rings. The number of carbonyl (C=O) groups excluding carboxylic acids is 1. The van der Waals surface area contributed by atoms with E-state index in [0.717, 1.165) is 26.5 Å². The molecule has 0 bridgehead atoms. The van der Waals surface area contributed by atoms with Gasteiger partial charge in [-0.1, -0.05) is 75.3 Å². The molecule has 0 saturated heterocycles. The van der Waals surface area contributed by atoms with Crippen LogP contribution in [0.25, 0.3) is 17.0 Å². The molecule has 1 aliphatic rings. The van der Waals surface area contributed by atoms with Crippen LogP contribution in [0.2, 0.25) is 5.02 Å². The summed E-state index contributed by atoms with van der Waals surface area (Å²) < 4.78 is 16.3. The number of allylic oxidation sites excluding steroid dienone is 1. The number of halogens is 2. The first kappa shape index (κ1) is 30.1. The fourth-order valence-electron chi connectivity index (χ4n) is 5.55. The van der Waals surface area contributed by atoms with Crippen LogP contribution in [0.15, 0.2) is 98.5 Å². The molecule has 0 radical (unpaired) electrons. The third-order valence-electron chi connectivity index (χ3n) is 7.48. The molecular weight excluding hydrogens is 662 g/mol. The Morgan fingerprint density at radius 2 is 1.89 bits per heavy atom. The van der Waals surface area contributed by atoms with Gasteiger partial charge in [0.15, 0.2) is 4.80 Å². The molecule has 1 aliphatic heterocycles. The number of ether oxygens (including phenoxy) is 2. The molecule has 0 aliphatic carbocycles. The lowest BCUT2D eigenvalue weighted by Gasteiger charge is -2.26. The van der Waals surface area contributed by atoms with Crippen LogP contribution in [0.5, 0.6) is 5.75 Å². The van der Waals surface area contributed by atoms with Crippen LogP contribution in [0.1, 0.15) is 43.5 Å². The average Bonchev–Trinajstić information content (AvgIpc) is 3.49. The van der Waals surface area contributed by atoms with Crippen LogP contribution in [-0.4, -0.2) is 28.3 Å². The standard InChI is InChI=1S/C34H29BrClN3O4S/c1-19(2)43-33(41)30-20(3)37-34-39(31(30)25-16-23(35)13-14-28(25)42-4)32(40)29(44-34)15-22-18-38(27-12-8-6-10-24(22)27)17-21-9-5-7-11-26(21)36/h5-16,18-19,31H,17H2,1-4H3/b29-15-/t31-/m1/s1. The molecule has 3 heterocycles. The molecule has 10 heteroatoms. The van der Waals surface area contributed by atoms with Gasteiger partial charge >= 0.3 is 5.97 Å². The molecular formula is C34H29BrClN3O4S. The highest BCUT2D eigenvalue weighted by atomic mass is 79.9. The second-order valence-corrected chi connectivity index (χ2v) is 13.1. The number of hydrogen-bond acceptors (Lipinski definition) is 6. The average molecular weight is 691 g/mol. The molecule has 7 nitrogen and oxygen atoms in total. The Labute approximate surface area is 271 Å². The summed E-state index contributed by atoms with van der Waals surface area (Å²) in [4.78, 5) is 33.0. The number of benzene rings is 3. The van der Waals surface area contributed by atoms with Crippen molar-refractivity contribution in [1.29, 1.82) is 0 Å². The monoisotopic (exact) mass is 689 g/mol. The zero-order valence-electron chi connectivity index (χ0n) is 24.5. The van der Waals surface area contributed by atoms with Gasteiger partial charge in [0.1, 0.15) is 11.8 Å². The fourth-order valence-corrected chi connectivity index (χ4v) is 7.16. The summed E-state index contributed by atoms with van der Waals surface area (Å²) in [5.74, 6) is 0.0187. The van der Waals surface area contributed by atoms with E-state index in [1.54, 1.807) is 32.4 Å². The number of aromatic nitrogens is 2. The Morgan fingerprint density at radius 1 is 1.14 bits per heavy atom. The smallest absolute Gasteiger partial charge is 0.338 e. The quantitative estimate of drug-likeness (QED) is 0.180. The number of para-hydroxylation sites is 1. The number of fused-ring (bicyclic) bond motifs is 2. The molecule has 0 amide bonds. The van der Waals surface area contributed by atoms with Crippen LogP contribution in [0.4, 0.5) is 0 Å². The fraction of sp³-hybridized carbons (Fsp3) is 0.206. The van der Waals surface area contributed by atoms with E-state index in [9.17, 15) is 9.59 Å². The maximum atomic E-state index is 14.3. The predicted molar refractivity (Wildman–Crippen MR) is 178 cm³/mol. The van der Waals surface area contributed by atoms with Crippen molar-refractivity contribution in [2.24, 2.45) is 4.99 Å². The molecule has 224 valence electrons. The summed E-state index contributed by atoms with van der Waals surface area (Å²) in [6.45, 7) is 5.94. The lowest BCUT2D eigenvalue weighted by atomic mass is 9.95. The Balaban J connectivity index is 1.55. The minimum atomic E-state index is -0.798. The van der Waals surface area contributed by atoms with Crippen molar-refractivity contribution >= 4 is 61.8 Å². The molecule has 0 unspecified atom stereocenters. The van der Waals surface area contributed by atoms with Crippen LogP contribution >= 0.6 is 38.9 Å². The van der Waals surface area contributed by atoms with E-state index in [4.69, 9.17) is 26.1 Å². The van der Waals surface area contributed by atoms with Crippen molar-refractivity contribution < 1.29 is 14.3 Å². The lowest BCUT2D eigenvalue weighted by molar-refractivity contribution is -0.143. The number of nitrogens with zero attached hydrogens (tertiary/aromatic N) is 3. The van der Waals surface area contributed by atoms with E-state index in [2.05, 4.69) is 26.6 Å². The zero-order chi connectivity index (χ0) is 31.1. The summed E-state index contributed by atoms with van der Waals surface area (Å²) in [7, 11) is 1.57. The molecule has 0 N–H and O–H groups in total. The highest BCUT2D eigenvalue weighted by molar-refractivity contribution is 9.10. The molecule has 2 aromatic heterocycles. The van der Waals surface area contributed by atoms with Crippen molar-refractivity contribution in [1.82, 2.24) is 9.13 Å². The maximum absolute atomic E-state index is 14.3. The third-order valence-corrected chi connectivity index (χ3v) is 9.32. The van der Waals surface area contributed by atoms with Gasteiger partial charge in [-0.15, -0.1) is 0 Å². The highest BCUT2D eigenvalue weighted by Crippen LogP contribution is 2.37. The topological polar surface area (TPSA) is 74.8 Å². The Bertz CT molecular complexity index is 2140. The summed E-state index contributed by atoms with van der Waals surface area (Å²) in [6, 6.07) is 20.6. The van der Waals surface area contributed by atoms with Gasteiger partial charge in [0.25, 0.3) is 5.56 Å². The lowest BCUT2D eigenvalue weighted by Crippen LogP contribution is -2.40. The molecule has 6 rings (SSSR count). The molecule has 1 atom stereocenters. The first-order valence-corrected chi connectivity index (χ1v) is 16.0. The van der Waals surface area contributed by atoms with Crippen LogP contribution in [-0.2, 0) is 16.1 Å². The zero-order valence-corrected chi connectivity index (χ0v) is 27.7. The van der Waals surface area contributed by atoms with Gasteiger partial charge in [0, 0.05) is 44.3 Å². The highest BCUT2D eigenvalue weighted by Gasteiger charge is 2.35. The van der Waals surface area contributed by atoms with Crippen molar-refractivity contribution in [3.8, 4) is 5.75 Å². The number of hydrogen-bond donors (Lipinski definition) is 0. The molecule has 3 aromatic carbocycles. The second kappa shape index (κ2) is 12.2. The van der Waals surface area contributed by atoms with E-state index < -0.39 is 12.0 Å². The molecule has 0 spiro atoms. The van der Waals surface area contributed by atoms with Crippen molar-refractivity contribution in [2.45, 2.75) is 39.5 Å². The van der Waals surface area contributed by atoms with Crippen molar-refractivity contribution in [3.05, 3.63) is 130 Å². The number of thiazole rings is 1. The normalized spacial score (nSPS) is 15.1. The van der Waals surface area contributed by atoms with Gasteiger partial charge in [-0.25, -0.2) is 9.79 Å². The molecule has 44 heavy (non-hydrogen) atoms. The third kappa shape index (κ3) is 5.56. The first-order valence-electron chi connectivity index (χ1n) is 14.0. The minimum absolute atomic E-state index is 0.258. The summed E-state index contributed by atoms with van der Waals surface area (Å²) in [5.41, 5.74) is 4.10. The predicted octanol–water partition coefficient (Wildman–Crippen LogP) is 6.61. The van der Waals surface area contributed by atoms with Crippen LogP contribution < -0.4 is 19.6 Å². The van der Waals surface area contributed by atoms with E-state index in [1.165, 1.54) is 11.3 Å². The number of methoxy groups -OCH3 is 1. The van der Waals surface area contributed by atoms with Gasteiger partial charge in [0.2, 0.25) is 0 Å². The SMILES string of the molecule is COc1ccc(Br)cc1[C@@H]1C(C(=O)OC(C)C)=C(C)N=c2s/c(=C\c3cn(Cc4ccccc4Cl)c4ccccc34)c(=O)n21. The summed E-state index contributed by atoms with van der Waals surface area (Å²) in [6.07, 6.45) is 3.59. The van der Waals surface area contributed by atoms with Crippen LogP contribution in [0.3, 0.4) is 0 Å². The van der Waals surface area contributed by atoms with E-state index in [1.807, 2.05) is 72.9 Å². The number of rotatable bonds is 7. The number of carbonyl (C=O) groups is 1. The van der Waals surface area contributed by atoms with E-state index in [0.29, 0.717) is 43.5 Å². The van der Waals surface area contributed by atoms with Gasteiger partial charge in [0.05, 0.1) is 29.0 Å². The maximum Gasteiger partial charge on any atom is 0.338 e. The first-order chi connectivity index (χ1) is 21.2. The second-order valence-electron chi connectivity index (χ2n) is 10.7. The van der Waals surface area contributed by atoms with Gasteiger partial charge in [-0.3, -0.25) is 9.36 Å². The van der Waals surface area contributed by atoms with E-state index >= 15 is 0 Å². The number of esters is 1. The Hall–Kier alpha value is -3.92. The van der Waals surface area contributed by atoms with Crippen molar-refractivity contribution in [2.75, 3.05) is 7.11 Å². The van der Waals surface area contributed by atoms with E-state index in [-0.39, 0.29) is 11.7 Å². The van der Waals surface area contributed by atoms with Gasteiger partial charge < -0.3 is 14.0 Å². The van der Waals surface area contributed by atoms with Crippen molar-refractivity contribution in [3.63, 3.8) is 0 Å². The Kier molecular flexibility index (Phi) is 8.37. The largest absolute Gasteiger partial charge is 0.496 e. The Morgan fingerprint density at radius 3 is 2.64 bits per heavy atom.